The number of hydrogen-bond acceptors (Lipinski definition) is 0. The normalized spacial score (nSPS) is 10.9. The van der Waals surface area contributed by atoms with E-state index in [2.05, 4.69) is 22.6 Å². The van der Waals surface area contributed by atoms with Crippen LogP contribution < -0.4 is 0 Å². The SMILES string of the molecule is FC(F)(F)c1ccccc1CCI.[Zn+2]. The molecule has 0 nitrogen and oxygen atoms in total. The van der Waals surface area contributed by atoms with Crippen LogP contribution in [0.5, 0.6) is 0 Å². The van der Waals surface area contributed by atoms with Crippen molar-refractivity contribution in [3.05, 3.63) is 35.4 Å². The van der Waals surface area contributed by atoms with Gasteiger partial charge >= 0.3 is 25.7 Å². The molecule has 0 heterocycles. The fraction of sp³-hybridized carbons (Fsp3) is 0.333. The summed E-state index contributed by atoms with van der Waals surface area (Å²) in [7, 11) is 0. The molecule has 0 aliphatic rings. The smallest absolute Gasteiger partial charge is 0.166 e. The number of rotatable bonds is 2. The Morgan fingerprint density at radius 2 is 1.71 bits per heavy atom. The van der Waals surface area contributed by atoms with Crippen LogP contribution >= 0.6 is 22.6 Å². The van der Waals surface area contributed by atoms with E-state index in [0.717, 1.165) is 6.07 Å². The Labute approximate surface area is 107 Å². The Morgan fingerprint density at radius 1 is 1.14 bits per heavy atom. The minimum Gasteiger partial charge on any atom is -0.166 e. The van der Waals surface area contributed by atoms with Gasteiger partial charge in [0.15, 0.2) is 0 Å². The summed E-state index contributed by atoms with van der Waals surface area (Å²) in [5.41, 5.74) is -0.129. The number of benzene rings is 1. The van der Waals surface area contributed by atoms with E-state index >= 15 is 0 Å². The summed E-state index contributed by atoms with van der Waals surface area (Å²) in [6, 6.07) is 5.71. The van der Waals surface area contributed by atoms with Crippen molar-refractivity contribution in [1.82, 2.24) is 0 Å². The van der Waals surface area contributed by atoms with Crippen LogP contribution in [0.25, 0.3) is 0 Å². The molecule has 0 aliphatic heterocycles. The van der Waals surface area contributed by atoms with E-state index in [1.54, 1.807) is 6.07 Å². The fourth-order valence-corrected chi connectivity index (χ4v) is 1.70. The van der Waals surface area contributed by atoms with Gasteiger partial charge in [-0.1, -0.05) is 40.8 Å². The van der Waals surface area contributed by atoms with Crippen molar-refractivity contribution in [3.63, 3.8) is 0 Å². The van der Waals surface area contributed by atoms with Gasteiger partial charge in [0.05, 0.1) is 5.56 Å². The summed E-state index contributed by atoms with van der Waals surface area (Å²) in [5, 5.41) is 0. The van der Waals surface area contributed by atoms with Crippen molar-refractivity contribution in [3.8, 4) is 0 Å². The van der Waals surface area contributed by atoms with Crippen LogP contribution in [0.2, 0.25) is 0 Å². The topological polar surface area (TPSA) is 0 Å². The van der Waals surface area contributed by atoms with Crippen molar-refractivity contribution in [1.29, 1.82) is 0 Å². The van der Waals surface area contributed by atoms with Gasteiger partial charge in [0.1, 0.15) is 0 Å². The molecule has 1 aromatic rings. The molecule has 0 saturated carbocycles. The van der Waals surface area contributed by atoms with E-state index in [-0.39, 0.29) is 19.5 Å². The van der Waals surface area contributed by atoms with Gasteiger partial charge in [-0.05, 0) is 18.1 Å². The van der Waals surface area contributed by atoms with Crippen LogP contribution in [-0.2, 0) is 32.1 Å². The van der Waals surface area contributed by atoms with E-state index in [1.807, 2.05) is 0 Å². The largest absolute Gasteiger partial charge is 2.00 e. The molecule has 0 spiro atoms. The Morgan fingerprint density at radius 3 is 2.21 bits per heavy atom. The fourth-order valence-electron chi connectivity index (χ4n) is 1.12. The van der Waals surface area contributed by atoms with Crippen LogP contribution in [-0.4, -0.2) is 4.43 Å². The predicted molar refractivity (Wildman–Crippen MR) is 54.0 cm³/mol. The number of aryl methyl sites for hydroxylation is 1. The summed E-state index contributed by atoms with van der Waals surface area (Å²) >= 11 is 2.07. The van der Waals surface area contributed by atoms with Gasteiger partial charge in [0, 0.05) is 4.43 Å². The van der Waals surface area contributed by atoms with Crippen LogP contribution in [0.1, 0.15) is 11.1 Å². The van der Waals surface area contributed by atoms with Gasteiger partial charge in [-0.25, -0.2) is 0 Å². The van der Waals surface area contributed by atoms with Gasteiger partial charge in [-0.3, -0.25) is 0 Å². The summed E-state index contributed by atoms with van der Waals surface area (Å²) in [5.74, 6) is 0. The van der Waals surface area contributed by atoms with Crippen molar-refractivity contribution < 1.29 is 32.6 Å². The molecule has 0 unspecified atom stereocenters. The summed E-state index contributed by atoms with van der Waals surface area (Å²) in [6.07, 6.45) is -3.75. The summed E-state index contributed by atoms with van der Waals surface area (Å²) in [6.45, 7) is 0. The Kier molecular flexibility index (Phi) is 6.21. The van der Waals surface area contributed by atoms with Crippen molar-refractivity contribution >= 4 is 22.6 Å². The molecule has 0 saturated heterocycles. The van der Waals surface area contributed by atoms with Gasteiger partial charge in [0.2, 0.25) is 0 Å². The Hall–Kier alpha value is 0.363. The van der Waals surface area contributed by atoms with Crippen LogP contribution in [0.15, 0.2) is 24.3 Å². The van der Waals surface area contributed by atoms with E-state index in [4.69, 9.17) is 0 Å². The quantitative estimate of drug-likeness (QED) is 0.426. The molecule has 0 aliphatic carbocycles. The molecule has 0 atom stereocenters. The molecule has 14 heavy (non-hydrogen) atoms. The Bertz CT molecular complexity index is 286. The first-order valence-electron chi connectivity index (χ1n) is 3.77. The average Bonchev–Trinajstić information content (AvgIpc) is 2.04. The zero-order chi connectivity index (χ0) is 9.90. The first-order valence-corrected chi connectivity index (χ1v) is 5.29. The zero-order valence-electron chi connectivity index (χ0n) is 7.44. The molecule has 0 bridgehead atoms. The maximum Gasteiger partial charge on any atom is 2.00 e. The second-order valence-electron chi connectivity index (χ2n) is 2.59. The molecule has 5 heteroatoms. The van der Waals surface area contributed by atoms with E-state index in [1.165, 1.54) is 12.1 Å². The van der Waals surface area contributed by atoms with Gasteiger partial charge in [-0.15, -0.1) is 0 Å². The monoisotopic (exact) mass is 364 g/mol. The van der Waals surface area contributed by atoms with Gasteiger partial charge < -0.3 is 0 Å². The maximum atomic E-state index is 12.4. The van der Waals surface area contributed by atoms with Crippen LogP contribution in [0.3, 0.4) is 0 Å². The van der Waals surface area contributed by atoms with E-state index < -0.39 is 11.7 Å². The molecule has 0 N–H and O–H groups in total. The molecule has 0 aromatic heterocycles. The zero-order valence-corrected chi connectivity index (χ0v) is 12.6. The Balaban J connectivity index is 0.00000169. The summed E-state index contributed by atoms with van der Waals surface area (Å²) < 4.78 is 37.8. The van der Waals surface area contributed by atoms with E-state index in [0.29, 0.717) is 16.4 Å². The average molecular weight is 365 g/mol. The first kappa shape index (κ1) is 14.4. The maximum absolute atomic E-state index is 12.4. The minimum absolute atomic E-state index is 0. The summed E-state index contributed by atoms with van der Waals surface area (Å²) in [4.78, 5) is 0. The van der Waals surface area contributed by atoms with Gasteiger partial charge in [-0.2, -0.15) is 13.2 Å². The minimum atomic E-state index is -4.22. The molecule has 0 radical (unpaired) electrons. The van der Waals surface area contributed by atoms with Crippen LogP contribution in [0.4, 0.5) is 13.2 Å². The standard InChI is InChI=1S/C9H8F3I.Zn/c10-9(11,12)8-4-2-1-3-7(8)5-6-13;/h1-4H,5-6H2;/q;+2. The third kappa shape index (κ3) is 3.85. The number of alkyl halides is 4. The molecular formula is C9H8F3IZn+2. The molecule has 72 valence electrons. The number of halogens is 4. The molecule has 1 aromatic carbocycles. The molecule has 0 amide bonds. The molecule has 1 rings (SSSR count). The van der Waals surface area contributed by atoms with Gasteiger partial charge in [0.25, 0.3) is 0 Å². The van der Waals surface area contributed by atoms with Crippen molar-refractivity contribution in [2.45, 2.75) is 12.6 Å². The van der Waals surface area contributed by atoms with Crippen molar-refractivity contribution in [2.75, 3.05) is 4.43 Å². The third-order valence-corrected chi connectivity index (χ3v) is 2.23. The molecular weight excluding hydrogens is 357 g/mol. The molecule has 0 fully saturated rings. The second-order valence-corrected chi connectivity index (χ2v) is 3.67. The predicted octanol–water partition coefficient (Wildman–Crippen LogP) is 3.68. The number of hydrogen-bond donors (Lipinski definition) is 0. The van der Waals surface area contributed by atoms with E-state index in [9.17, 15) is 13.2 Å². The van der Waals surface area contributed by atoms with Crippen LogP contribution in [0, 0.1) is 0 Å². The van der Waals surface area contributed by atoms with Crippen molar-refractivity contribution in [2.24, 2.45) is 0 Å². The first-order chi connectivity index (χ1) is 6.05. The third-order valence-electron chi connectivity index (χ3n) is 1.69. The second kappa shape index (κ2) is 6.06.